The van der Waals surface area contributed by atoms with E-state index < -0.39 is 12.8 Å². The highest BCUT2D eigenvalue weighted by atomic mass is 31.2. The maximum Gasteiger partial charge on any atom is 0.340 e. The van der Waals surface area contributed by atoms with Crippen molar-refractivity contribution in [2.45, 2.75) is 44.7 Å². The van der Waals surface area contributed by atoms with Gasteiger partial charge in [-0.15, -0.1) is 0 Å². The van der Waals surface area contributed by atoms with E-state index >= 15 is 0 Å². The van der Waals surface area contributed by atoms with E-state index in [0.29, 0.717) is 11.1 Å². The van der Waals surface area contributed by atoms with E-state index in [-0.39, 0.29) is 5.92 Å². The number of unbranched alkanes of at least 4 members (excludes halogenated alkanes) is 1. The van der Waals surface area contributed by atoms with Gasteiger partial charge in [0.1, 0.15) is 5.16 Å². The summed E-state index contributed by atoms with van der Waals surface area (Å²) in [6, 6.07) is 18.6. The molecule has 130 valence electrons. The van der Waals surface area contributed by atoms with Crippen molar-refractivity contribution in [3.63, 3.8) is 0 Å². The van der Waals surface area contributed by atoms with E-state index in [1.807, 2.05) is 67.6 Å². The maximum absolute atomic E-state index is 12.9. The van der Waals surface area contributed by atoms with Crippen LogP contribution in [0.15, 0.2) is 60.7 Å². The van der Waals surface area contributed by atoms with Crippen molar-refractivity contribution in [1.29, 1.82) is 0 Å². The van der Waals surface area contributed by atoms with Crippen LogP contribution in [0.1, 0.15) is 50.7 Å². The van der Waals surface area contributed by atoms with Crippen LogP contribution < -0.4 is 0 Å². The zero-order valence-corrected chi connectivity index (χ0v) is 15.3. The minimum Gasteiger partial charge on any atom is -0.324 e. The van der Waals surface area contributed by atoms with Crippen LogP contribution in [0.5, 0.6) is 0 Å². The van der Waals surface area contributed by atoms with E-state index in [1.165, 1.54) is 0 Å². The molecule has 0 aliphatic carbocycles. The van der Waals surface area contributed by atoms with E-state index in [9.17, 15) is 14.4 Å². The lowest BCUT2D eigenvalue weighted by molar-refractivity contribution is 0.277. The first-order valence-corrected chi connectivity index (χ1v) is 10.3. The van der Waals surface area contributed by atoms with E-state index in [0.717, 1.165) is 25.7 Å². The van der Waals surface area contributed by atoms with Crippen molar-refractivity contribution >= 4 is 7.60 Å². The van der Waals surface area contributed by atoms with Crippen molar-refractivity contribution < 1.29 is 14.4 Å². The molecule has 0 heterocycles. The molecule has 1 atom stereocenters. The Hall–Kier alpha value is -1.41. The van der Waals surface area contributed by atoms with Gasteiger partial charge in [-0.25, -0.2) is 0 Å². The van der Waals surface area contributed by atoms with Gasteiger partial charge in [-0.3, -0.25) is 4.57 Å². The lowest BCUT2D eigenvalue weighted by atomic mass is 9.76. The largest absolute Gasteiger partial charge is 0.340 e. The Morgan fingerprint density at radius 3 is 1.71 bits per heavy atom. The average Bonchev–Trinajstić information content (AvgIpc) is 2.59. The Kier molecular flexibility index (Phi) is 6.40. The third kappa shape index (κ3) is 3.49. The van der Waals surface area contributed by atoms with Crippen LogP contribution in [-0.2, 0) is 9.72 Å². The summed E-state index contributed by atoms with van der Waals surface area (Å²) < 4.78 is 12.9. The SMILES string of the molecule is CCCCC(CC)C(c1ccccc1)(c1ccccc1)P(=O)(O)O. The maximum atomic E-state index is 12.9. The summed E-state index contributed by atoms with van der Waals surface area (Å²) in [5, 5.41) is -1.29. The summed E-state index contributed by atoms with van der Waals surface area (Å²) in [5.41, 5.74) is 1.40. The zero-order valence-electron chi connectivity index (χ0n) is 14.4. The van der Waals surface area contributed by atoms with Gasteiger partial charge in [0, 0.05) is 0 Å². The quantitative estimate of drug-likeness (QED) is 0.636. The highest BCUT2D eigenvalue weighted by Gasteiger charge is 2.54. The molecule has 0 aliphatic heterocycles. The lowest BCUT2D eigenvalue weighted by Crippen LogP contribution is -2.36. The summed E-state index contributed by atoms with van der Waals surface area (Å²) in [7, 11) is -4.46. The molecule has 0 spiro atoms. The molecule has 0 amide bonds. The van der Waals surface area contributed by atoms with Gasteiger partial charge in [-0.05, 0) is 23.5 Å². The van der Waals surface area contributed by atoms with Gasteiger partial charge >= 0.3 is 7.60 Å². The van der Waals surface area contributed by atoms with Crippen LogP contribution >= 0.6 is 7.60 Å². The van der Waals surface area contributed by atoms with E-state index in [1.54, 1.807) is 0 Å². The molecule has 3 nitrogen and oxygen atoms in total. The standard InChI is InChI=1S/C20H27O3P/c1-3-5-12-17(4-2)20(24(21,22)23,18-13-8-6-9-14-18)19-15-10-7-11-16-19/h6-11,13-17H,3-5,12H2,1-2H3,(H2,21,22,23). The van der Waals surface area contributed by atoms with Crippen molar-refractivity contribution in [3.05, 3.63) is 71.8 Å². The van der Waals surface area contributed by atoms with Crippen LogP contribution in [-0.4, -0.2) is 9.79 Å². The normalized spacial score (nSPS) is 13.7. The first-order chi connectivity index (χ1) is 11.5. The number of hydrogen-bond acceptors (Lipinski definition) is 1. The van der Waals surface area contributed by atoms with Gasteiger partial charge in [0.25, 0.3) is 0 Å². The third-order valence-corrected chi connectivity index (χ3v) is 6.68. The van der Waals surface area contributed by atoms with Gasteiger partial charge in [-0.1, -0.05) is 93.8 Å². The molecule has 4 heteroatoms. The van der Waals surface area contributed by atoms with Crippen molar-refractivity contribution in [2.75, 3.05) is 0 Å². The van der Waals surface area contributed by atoms with Crippen molar-refractivity contribution in [1.82, 2.24) is 0 Å². The highest BCUT2D eigenvalue weighted by Crippen LogP contribution is 2.65. The number of rotatable bonds is 8. The topological polar surface area (TPSA) is 57.5 Å². The van der Waals surface area contributed by atoms with E-state index in [4.69, 9.17) is 0 Å². The molecule has 0 saturated heterocycles. The minimum atomic E-state index is -4.46. The first-order valence-electron chi connectivity index (χ1n) is 8.65. The van der Waals surface area contributed by atoms with Gasteiger partial charge in [-0.2, -0.15) is 0 Å². The lowest BCUT2D eigenvalue weighted by Gasteiger charge is -2.42. The van der Waals surface area contributed by atoms with Gasteiger partial charge in [0.2, 0.25) is 0 Å². The average molecular weight is 346 g/mol. The molecule has 1 unspecified atom stereocenters. The fourth-order valence-corrected chi connectivity index (χ4v) is 5.51. The van der Waals surface area contributed by atoms with Crippen molar-refractivity contribution in [3.8, 4) is 0 Å². The number of hydrogen-bond donors (Lipinski definition) is 2. The second-order valence-electron chi connectivity index (χ2n) is 6.29. The molecule has 2 N–H and O–H groups in total. The van der Waals surface area contributed by atoms with Gasteiger partial charge < -0.3 is 9.79 Å². The second-order valence-corrected chi connectivity index (χ2v) is 8.08. The molecule has 0 aliphatic rings. The van der Waals surface area contributed by atoms with Gasteiger partial charge in [0.15, 0.2) is 0 Å². The Morgan fingerprint density at radius 1 is 0.917 bits per heavy atom. The Labute approximate surface area is 144 Å². The molecule has 0 radical (unpaired) electrons. The smallest absolute Gasteiger partial charge is 0.324 e. The van der Waals surface area contributed by atoms with E-state index in [2.05, 4.69) is 6.92 Å². The molecule has 2 rings (SSSR count). The Bertz CT molecular complexity index is 624. The fourth-order valence-electron chi connectivity index (χ4n) is 3.76. The summed E-state index contributed by atoms with van der Waals surface area (Å²) in [5.74, 6) is -0.122. The summed E-state index contributed by atoms with van der Waals surface area (Å²) in [6.45, 7) is 4.13. The zero-order chi connectivity index (χ0) is 17.6. The molecule has 0 saturated carbocycles. The summed E-state index contributed by atoms with van der Waals surface area (Å²) >= 11 is 0. The predicted octanol–water partition coefficient (Wildman–Crippen LogP) is 5.32. The Balaban J connectivity index is 2.77. The van der Waals surface area contributed by atoms with Crippen LogP contribution in [0, 0.1) is 5.92 Å². The van der Waals surface area contributed by atoms with Crippen molar-refractivity contribution in [2.24, 2.45) is 5.92 Å². The first kappa shape index (κ1) is 18.9. The monoisotopic (exact) mass is 346 g/mol. The summed E-state index contributed by atoms with van der Waals surface area (Å²) in [6.07, 6.45) is 3.48. The van der Waals surface area contributed by atoms with Crippen LogP contribution in [0.2, 0.25) is 0 Å². The van der Waals surface area contributed by atoms with Crippen LogP contribution in [0.4, 0.5) is 0 Å². The molecular weight excluding hydrogens is 319 g/mol. The fraction of sp³-hybridized carbons (Fsp3) is 0.400. The van der Waals surface area contributed by atoms with Crippen LogP contribution in [0.25, 0.3) is 0 Å². The molecular formula is C20H27O3P. The Morgan fingerprint density at radius 2 is 1.38 bits per heavy atom. The molecule has 0 fully saturated rings. The number of benzene rings is 2. The second kappa shape index (κ2) is 8.11. The highest BCUT2D eigenvalue weighted by molar-refractivity contribution is 7.53. The summed E-state index contributed by atoms with van der Waals surface area (Å²) in [4.78, 5) is 21.1. The minimum absolute atomic E-state index is 0.122. The van der Waals surface area contributed by atoms with Gasteiger partial charge in [0.05, 0.1) is 0 Å². The molecule has 2 aromatic carbocycles. The molecule has 2 aromatic rings. The van der Waals surface area contributed by atoms with Crippen LogP contribution in [0.3, 0.4) is 0 Å². The molecule has 0 aromatic heterocycles. The third-order valence-electron chi connectivity index (χ3n) is 4.88. The molecule has 0 bridgehead atoms. The molecule has 24 heavy (non-hydrogen) atoms. The predicted molar refractivity (Wildman–Crippen MR) is 99.0 cm³/mol.